The molecule has 0 unspecified atom stereocenters. The third-order valence-corrected chi connectivity index (χ3v) is 6.44. The predicted octanol–water partition coefficient (Wildman–Crippen LogP) is 5.56. The Morgan fingerprint density at radius 3 is 2.38 bits per heavy atom. The molecule has 6 heteroatoms. The zero-order chi connectivity index (χ0) is 23.3. The highest BCUT2D eigenvalue weighted by Crippen LogP contribution is 2.29. The minimum atomic E-state index is -0.00899. The van der Waals surface area contributed by atoms with Crippen LogP contribution in [0.3, 0.4) is 0 Å². The lowest BCUT2D eigenvalue weighted by atomic mass is 9.95. The van der Waals surface area contributed by atoms with Crippen molar-refractivity contribution >= 4 is 11.6 Å². The first kappa shape index (κ1) is 22.0. The molecule has 1 aliphatic heterocycles. The van der Waals surface area contributed by atoms with E-state index >= 15 is 0 Å². The maximum Gasteiger partial charge on any atom is 0.241 e. The Balaban J connectivity index is 1.17. The Hall–Kier alpha value is -3.77. The van der Waals surface area contributed by atoms with Crippen molar-refractivity contribution in [2.24, 2.45) is 5.92 Å². The molecule has 0 atom stereocenters. The molecule has 1 saturated heterocycles. The van der Waals surface area contributed by atoms with Crippen LogP contribution >= 0.6 is 0 Å². The van der Waals surface area contributed by atoms with Crippen molar-refractivity contribution < 1.29 is 9.32 Å². The lowest BCUT2D eigenvalue weighted by Crippen LogP contribution is -2.37. The number of hydrogen-bond acceptors (Lipinski definition) is 5. The van der Waals surface area contributed by atoms with Gasteiger partial charge in [0, 0.05) is 22.7 Å². The van der Waals surface area contributed by atoms with Gasteiger partial charge in [-0.15, -0.1) is 0 Å². The predicted molar refractivity (Wildman–Crippen MR) is 133 cm³/mol. The first-order chi connectivity index (χ1) is 16.7. The van der Waals surface area contributed by atoms with Crippen molar-refractivity contribution in [1.29, 1.82) is 0 Å². The van der Waals surface area contributed by atoms with Gasteiger partial charge in [-0.1, -0.05) is 78.0 Å². The van der Waals surface area contributed by atoms with E-state index in [1.165, 1.54) is 0 Å². The summed E-state index contributed by atoms with van der Waals surface area (Å²) in [5.41, 5.74) is 5.10. The van der Waals surface area contributed by atoms with E-state index in [0.29, 0.717) is 18.3 Å². The molecule has 0 saturated carbocycles. The Morgan fingerprint density at radius 2 is 1.62 bits per heavy atom. The first-order valence-corrected chi connectivity index (χ1v) is 11.7. The van der Waals surface area contributed by atoms with E-state index in [1.807, 2.05) is 73.7 Å². The normalized spacial score (nSPS) is 14.7. The van der Waals surface area contributed by atoms with Crippen LogP contribution in [0.5, 0.6) is 0 Å². The molecule has 0 spiro atoms. The molecule has 34 heavy (non-hydrogen) atoms. The van der Waals surface area contributed by atoms with Crippen LogP contribution in [-0.4, -0.2) is 34.0 Å². The number of piperidine rings is 1. The van der Waals surface area contributed by atoms with Gasteiger partial charge in [0.2, 0.25) is 17.6 Å². The van der Waals surface area contributed by atoms with E-state index in [9.17, 15) is 4.79 Å². The van der Waals surface area contributed by atoms with Crippen molar-refractivity contribution in [2.75, 3.05) is 18.4 Å². The van der Waals surface area contributed by atoms with Gasteiger partial charge in [-0.3, -0.25) is 9.69 Å². The number of likely N-dealkylation sites (tertiary alicyclic amines) is 1. The van der Waals surface area contributed by atoms with Crippen LogP contribution in [0, 0.1) is 12.8 Å². The van der Waals surface area contributed by atoms with Gasteiger partial charge < -0.3 is 9.84 Å². The Kier molecular flexibility index (Phi) is 6.49. The van der Waals surface area contributed by atoms with Gasteiger partial charge >= 0.3 is 0 Å². The van der Waals surface area contributed by atoms with E-state index in [1.54, 1.807) is 0 Å². The molecule has 172 valence electrons. The summed E-state index contributed by atoms with van der Waals surface area (Å²) in [5.74, 6) is 1.31. The standard InChI is InChI=1S/C28H28N4O2/c1-20-9-5-6-12-23(20)27-30-26(34-31-27)19-32-17-15-22(16-18-32)28(33)29-25-14-8-7-13-24(25)21-10-3-2-4-11-21/h2-14,22H,15-19H2,1H3,(H,29,33). The number of carbonyl (C=O) groups is 1. The number of rotatable bonds is 6. The summed E-state index contributed by atoms with van der Waals surface area (Å²) in [7, 11) is 0. The second kappa shape index (κ2) is 10.0. The van der Waals surface area contributed by atoms with Crippen LogP contribution in [0.4, 0.5) is 5.69 Å². The molecule has 1 N–H and O–H groups in total. The number of amides is 1. The third-order valence-electron chi connectivity index (χ3n) is 6.44. The molecule has 4 aromatic rings. The van der Waals surface area contributed by atoms with Gasteiger partial charge in [-0.05, 0) is 50.0 Å². The van der Waals surface area contributed by atoms with Gasteiger partial charge in [0.1, 0.15) is 0 Å². The molecule has 1 fully saturated rings. The highest BCUT2D eigenvalue weighted by molar-refractivity contribution is 5.96. The molecule has 6 nitrogen and oxygen atoms in total. The zero-order valence-electron chi connectivity index (χ0n) is 19.3. The molecular weight excluding hydrogens is 424 g/mol. The topological polar surface area (TPSA) is 71.3 Å². The summed E-state index contributed by atoms with van der Waals surface area (Å²) in [4.78, 5) is 19.9. The maximum absolute atomic E-state index is 13.0. The Morgan fingerprint density at radius 1 is 0.941 bits per heavy atom. The van der Waals surface area contributed by atoms with E-state index in [4.69, 9.17) is 4.52 Å². The molecule has 1 aromatic heterocycles. The molecule has 0 radical (unpaired) electrons. The van der Waals surface area contributed by atoms with Crippen molar-refractivity contribution in [3.8, 4) is 22.5 Å². The summed E-state index contributed by atoms with van der Waals surface area (Å²) >= 11 is 0. The van der Waals surface area contributed by atoms with Crippen LogP contribution in [0.2, 0.25) is 0 Å². The third kappa shape index (κ3) is 4.92. The monoisotopic (exact) mass is 452 g/mol. The van der Waals surface area contributed by atoms with Gasteiger partial charge in [0.25, 0.3) is 0 Å². The van der Waals surface area contributed by atoms with Crippen LogP contribution < -0.4 is 5.32 Å². The minimum absolute atomic E-state index is 0.00899. The van der Waals surface area contributed by atoms with Crippen molar-refractivity contribution in [1.82, 2.24) is 15.0 Å². The van der Waals surface area contributed by atoms with Crippen molar-refractivity contribution in [3.63, 3.8) is 0 Å². The lowest BCUT2D eigenvalue weighted by Gasteiger charge is -2.30. The van der Waals surface area contributed by atoms with Crippen LogP contribution in [0.1, 0.15) is 24.3 Å². The summed E-state index contributed by atoms with van der Waals surface area (Å²) in [6, 6.07) is 26.1. The number of carbonyl (C=O) groups excluding carboxylic acids is 1. The summed E-state index contributed by atoms with van der Waals surface area (Å²) in [5, 5.41) is 7.33. The van der Waals surface area contributed by atoms with Crippen molar-refractivity contribution in [2.45, 2.75) is 26.3 Å². The van der Waals surface area contributed by atoms with E-state index in [0.717, 1.165) is 53.9 Å². The highest BCUT2D eigenvalue weighted by Gasteiger charge is 2.26. The number of nitrogens with zero attached hydrogens (tertiary/aromatic N) is 3. The molecule has 3 aromatic carbocycles. The van der Waals surface area contributed by atoms with Gasteiger partial charge in [-0.2, -0.15) is 4.98 Å². The van der Waals surface area contributed by atoms with Crippen LogP contribution in [0.15, 0.2) is 83.4 Å². The summed E-state index contributed by atoms with van der Waals surface area (Å²) in [6.07, 6.45) is 1.61. The lowest BCUT2D eigenvalue weighted by molar-refractivity contribution is -0.121. The van der Waals surface area contributed by atoms with Gasteiger partial charge in [0.15, 0.2) is 0 Å². The Bertz CT molecular complexity index is 1260. The quantitative estimate of drug-likeness (QED) is 0.415. The number of anilines is 1. The van der Waals surface area contributed by atoms with E-state index in [2.05, 4.69) is 32.5 Å². The fourth-order valence-corrected chi connectivity index (χ4v) is 4.49. The molecule has 2 heterocycles. The van der Waals surface area contributed by atoms with Crippen LogP contribution in [0.25, 0.3) is 22.5 Å². The van der Waals surface area contributed by atoms with Gasteiger partial charge in [-0.25, -0.2) is 0 Å². The molecule has 1 amide bonds. The van der Waals surface area contributed by atoms with E-state index in [-0.39, 0.29) is 11.8 Å². The molecule has 0 aliphatic carbocycles. The Labute approximate surface area is 199 Å². The number of aryl methyl sites for hydroxylation is 1. The summed E-state index contributed by atoms with van der Waals surface area (Å²) in [6.45, 7) is 4.28. The number of benzene rings is 3. The smallest absolute Gasteiger partial charge is 0.241 e. The minimum Gasteiger partial charge on any atom is -0.338 e. The molecular formula is C28H28N4O2. The first-order valence-electron chi connectivity index (χ1n) is 11.7. The van der Waals surface area contributed by atoms with Crippen LogP contribution in [-0.2, 0) is 11.3 Å². The average Bonchev–Trinajstić information content (AvgIpc) is 3.34. The average molecular weight is 453 g/mol. The molecule has 1 aliphatic rings. The SMILES string of the molecule is Cc1ccccc1-c1noc(CN2CCC(C(=O)Nc3ccccc3-c3ccccc3)CC2)n1. The summed E-state index contributed by atoms with van der Waals surface area (Å²) < 4.78 is 5.50. The number of aromatic nitrogens is 2. The largest absolute Gasteiger partial charge is 0.338 e. The van der Waals surface area contributed by atoms with Crippen molar-refractivity contribution in [3.05, 3.63) is 90.3 Å². The number of para-hydroxylation sites is 1. The number of nitrogens with one attached hydrogen (secondary N) is 1. The fraction of sp³-hybridized carbons (Fsp3) is 0.250. The number of hydrogen-bond donors (Lipinski definition) is 1. The van der Waals surface area contributed by atoms with Gasteiger partial charge in [0.05, 0.1) is 6.54 Å². The molecule has 5 rings (SSSR count). The molecule has 0 bridgehead atoms. The maximum atomic E-state index is 13.0. The second-order valence-electron chi connectivity index (χ2n) is 8.78. The zero-order valence-corrected chi connectivity index (χ0v) is 19.3. The second-order valence-corrected chi connectivity index (χ2v) is 8.78. The fourth-order valence-electron chi connectivity index (χ4n) is 4.49. The highest BCUT2D eigenvalue weighted by atomic mass is 16.5. The van der Waals surface area contributed by atoms with E-state index < -0.39 is 0 Å².